The number of rotatable bonds is 4. The Hall–Kier alpha value is -1.67. The number of ether oxygens (including phenoxy) is 1. The lowest BCUT2D eigenvalue weighted by molar-refractivity contribution is 0.0600. The predicted octanol–water partition coefficient (Wildman–Crippen LogP) is 1.94. The van der Waals surface area contributed by atoms with Gasteiger partial charge < -0.3 is 9.64 Å². The number of nitrogens with zero attached hydrogens (tertiary/aromatic N) is 4. The number of carbonyl (C=O) groups is 1. The van der Waals surface area contributed by atoms with Crippen molar-refractivity contribution in [2.75, 3.05) is 26.1 Å². The van der Waals surface area contributed by atoms with E-state index in [4.69, 9.17) is 0 Å². The number of hydrogen-bond acceptors (Lipinski definition) is 8. The van der Waals surface area contributed by atoms with Gasteiger partial charge in [-0.05, 0) is 23.9 Å². The van der Waals surface area contributed by atoms with Crippen LogP contribution in [0.3, 0.4) is 0 Å². The molecule has 0 radical (unpaired) electrons. The summed E-state index contributed by atoms with van der Waals surface area (Å²) in [5.74, 6) is -0.379. The van der Waals surface area contributed by atoms with Gasteiger partial charge in [-0.1, -0.05) is 11.3 Å². The number of pyridine rings is 1. The lowest BCUT2D eigenvalue weighted by Gasteiger charge is -2.03. The predicted molar refractivity (Wildman–Crippen MR) is 73.9 cm³/mol. The number of anilines is 1. The fourth-order valence-corrected chi connectivity index (χ4v) is 2.93. The highest BCUT2D eigenvalue weighted by molar-refractivity contribution is 8.01. The summed E-state index contributed by atoms with van der Waals surface area (Å²) >= 11 is 2.83. The van der Waals surface area contributed by atoms with E-state index in [9.17, 15) is 4.79 Å². The van der Waals surface area contributed by atoms with E-state index in [0.29, 0.717) is 10.6 Å². The van der Waals surface area contributed by atoms with Gasteiger partial charge in [0, 0.05) is 20.3 Å². The molecule has 19 heavy (non-hydrogen) atoms. The van der Waals surface area contributed by atoms with Crippen molar-refractivity contribution in [3.05, 3.63) is 23.9 Å². The van der Waals surface area contributed by atoms with Gasteiger partial charge in [0.15, 0.2) is 4.34 Å². The van der Waals surface area contributed by atoms with Crippen molar-refractivity contribution in [2.24, 2.45) is 0 Å². The monoisotopic (exact) mass is 296 g/mol. The number of carbonyl (C=O) groups excluding carboxylic acids is 1. The van der Waals surface area contributed by atoms with Crippen LogP contribution in [0.5, 0.6) is 0 Å². The molecule has 0 bridgehead atoms. The normalized spacial score (nSPS) is 10.3. The molecule has 2 rings (SSSR count). The van der Waals surface area contributed by atoms with Gasteiger partial charge in [-0.25, -0.2) is 9.78 Å². The standard InChI is InChI=1S/C11H12N4O2S2/c1-15(2)10-13-14-11(19-10)18-8-6-7(4-5-12-8)9(16)17-3/h4-6H,1-3H3. The zero-order chi connectivity index (χ0) is 13.8. The zero-order valence-corrected chi connectivity index (χ0v) is 12.3. The zero-order valence-electron chi connectivity index (χ0n) is 10.7. The summed E-state index contributed by atoms with van der Waals surface area (Å²) in [6.45, 7) is 0. The molecule has 2 aromatic rings. The molecule has 6 nitrogen and oxygen atoms in total. The Balaban J connectivity index is 2.16. The van der Waals surface area contributed by atoms with E-state index in [2.05, 4.69) is 19.9 Å². The molecule has 0 spiro atoms. The molecule has 0 aliphatic heterocycles. The van der Waals surface area contributed by atoms with Gasteiger partial charge in [-0.15, -0.1) is 10.2 Å². The molecule has 0 saturated carbocycles. The van der Waals surface area contributed by atoms with Crippen molar-refractivity contribution in [2.45, 2.75) is 9.37 Å². The maximum atomic E-state index is 11.4. The molecule has 0 aromatic carbocycles. The van der Waals surface area contributed by atoms with Crippen LogP contribution in [0.15, 0.2) is 27.7 Å². The second-order valence-electron chi connectivity index (χ2n) is 3.72. The van der Waals surface area contributed by atoms with Gasteiger partial charge in [0.05, 0.1) is 12.7 Å². The van der Waals surface area contributed by atoms with Crippen LogP contribution in [0, 0.1) is 0 Å². The van der Waals surface area contributed by atoms with Crippen LogP contribution < -0.4 is 4.90 Å². The largest absolute Gasteiger partial charge is 0.465 e. The summed E-state index contributed by atoms with van der Waals surface area (Å²) in [5.41, 5.74) is 0.470. The summed E-state index contributed by atoms with van der Waals surface area (Å²) in [6.07, 6.45) is 1.57. The summed E-state index contributed by atoms with van der Waals surface area (Å²) < 4.78 is 5.45. The van der Waals surface area contributed by atoms with Crippen molar-refractivity contribution in [1.29, 1.82) is 0 Å². The average molecular weight is 296 g/mol. The van der Waals surface area contributed by atoms with Crippen LogP contribution in [-0.2, 0) is 4.74 Å². The summed E-state index contributed by atoms with van der Waals surface area (Å²) in [4.78, 5) is 17.5. The van der Waals surface area contributed by atoms with E-state index in [-0.39, 0.29) is 5.97 Å². The van der Waals surface area contributed by atoms with E-state index in [1.54, 1.807) is 18.3 Å². The molecule has 0 amide bonds. The quantitative estimate of drug-likeness (QED) is 0.798. The maximum absolute atomic E-state index is 11.4. The Bertz CT molecular complexity index is 586. The molecule has 8 heteroatoms. The maximum Gasteiger partial charge on any atom is 0.337 e. The van der Waals surface area contributed by atoms with Crippen molar-refractivity contribution in [1.82, 2.24) is 15.2 Å². The van der Waals surface area contributed by atoms with Crippen LogP contribution in [-0.4, -0.2) is 42.4 Å². The number of hydrogen-bond donors (Lipinski definition) is 0. The van der Waals surface area contributed by atoms with Crippen molar-refractivity contribution < 1.29 is 9.53 Å². The minimum absolute atomic E-state index is 0.379. The van der Waals surface area contributed by atoms with E-state index in [1.165, 1.54) is 30.2 Å². The van der Waals surface area contributed by atoms with Gasteiger partial charge in [-0.2, -0.15) is 0 Å². The van der Waals surface area contributed by atoms with Crippen molar-refractivity contribution in [3.8, 4) is 0 Å². The molecule has 100 valence electrons. The van der Waals surface area contributed by atoms with E-state index in [0.717, 1.165) is 9.47 Å². The first kappa shape index (κ1) is 13.8. The van der Waals surface area contributed by atoms with Crippen LogP contribution in [0.25, 0.3) is 0 Å². The second kappa shape index (κ2) is 5.98. The third kappa shape index (κ3) is 3.42. The highest BCUT2D eigenvalue weighted by atomic mass is 32.2. The molecule has 0 fully saturated rings. The van der Waals surface area contributed by atoms with Gasteiger partial charge >= 0.3 is 5.97 Å². The number of aromatic nitrogens is 3. The first-order valence-electron chi connectivity index (χ1n) is 5.33. The number of methoxy groups -OCH3 is 1. The van der Waals surface area contributed by atoms with Gasteiger partial charge in [-0.3, -0.25) is 0 Å². The molecule has 2 heterocycles. The summed E-state index contributed by atoms with van der Waals surface area (Å²) in [7, 11) is 5.17. The average Bonchev–Trinajstić information content (AvgIpc) is 2.87. The molecular weight excluding hydrogens is 284 g/mol. The molecule has 0 atom stereocenters. The highest BCUT2D eigenvalue weighted by Gasteiger charge is 2.11. The molecular formula is C11H12N4O2S2. The van der Waals surface area contributed by atoms with E-state index in [1.807, 2.05) is 19.0 Å². The van der Waals surface area contributed by atoms with Crippen molar-refractivity contribution >= 4 is 34.2 Å². The van der Waals surface area contributed by atoms with Gasteiger partial charge in [0.25, 0.3) is 0 Å². The Kier molecular flexibility index (Phi) is 4.33. The molecule has 0 aliphatic carbocycles. The molecule has 0 N–H and O–H groups in total. The van der Waals surface area contributed by atoms with Crippen LogP contribution >= 0.6 is 23.1 Å². The minimum Gasteiger partial charge on any atom is -0.465 e. The summed E-state index contributed by atoms with van der Waals surface area (Å²) in [5, 5.41) is 9.61. The topological polar surface area (TPSA) is 68.2 Å². The first-order chi connectivity index (χ1) is 9.10. The van der Waals surface area contributed by atoms with Gasteiger partial charge in [0.1, 0.15) is 5.03 Å². The molecule has 0 unspecified atom stereocenters. The minimum atomic E-state index is -0.379. The van der Waals surface area contributed by atoms with Crippen LogP contribution in [0.1, 0.15) is 10.4 Å². The van der Waals surface area contributed by atoms with Crippen molar-refractivity contribution in [3.63, 3.8) is 0 Å². The Morgan fingerprint density at radius 1 is 1.42 bits per heavy atom. The highest BCUT2D eigenvalue weighted by Crippen LogP contribution is 2.31. The smallest absolute Gasteiger partial charge is 0.337 e. The fourth-order valence-electron chi connectivity index (χ4n) is 1.22. The lowest BCUT2D eigenvalue weighted by atomic mass is 10.3. The Labute approximate surface area is 118 Å². The Morgan fingerprint density at radius 2 is 2.21 bits per heavy atom. The van der Waals surface area contributed by atoms with Crippen LogP contribution in [0.4, 0.5) is 5.13 Å². The Morgan fingerprint density at radius 3 is 2.84 bits per heavy atom. The summed E-state index contributed by atoms with van der Waals surface area (Å²) in [6, 6.07) is 3.29. The van der Waals surface area contributed by atoms with E-state index < -0.39 is 0 Å². The van der Waals surface area contributed by atoms with E-state index >= 15 is 0 Å². The van der Waals surface area contributed by atoms with Crippen LogP contribution in [0.2, 0.25) is 0 Å². The second-order valence-corrected chi connectivity index (χ2v) is 5.94. The SMILES string of the molecule is COC(=O)c1ccnc(Sc2nnc(N(C)C)s2)c1. The third-order valence-corrected chi connectivity index (χ3v) is 4.20. The third-order valence-electron chi connectivity index (χ3n) is 2.13. The number of esters is 1. The first-order valence-corrected chi connectivity index (χ1v) is 6.96. The molecule has 2 aromatic heterocycles. The fraction of sp³-hybridized carbons (Fsp3) is 0.273. The van der Waals surface area contributed by atoms with Gasteiger partial charge in [0.2, 0.25) is 5.13 Å². The lowest BCUT2D eigenvalue weighted by Crippen LogP contribution is -2.07. The molecule has 0 aliphatic rings. The molecule has 0 saturated heterocycles.